The Balaban J connectivity index is 0.863. The number of esters is 1. The van der Waals surface area contributed by atoms with E-state index in [4.69, 9.17) is 14.2 Å². The van der Waals surface area contributed by atoms with Crippen LogP contribution in [0.2, 0.25) is 0 Å². The second-order valence-corrected chi connectivity index (χ2v) is 17.2. The Labute approximate surface area is 277 Å². The van der Waals surface area contributed by atoms with Gasteiger partial charge in [-0.05, 0) is 90.9 Å². The molecule has 0 unspecified atom stereocenters. The van der Waals surface area contributed by atoms with Gasteiger partial charge in [0.05, 0.1) is 19.3 Å². The first-order chi connectivity index (χ1) is 22.2. The van der Waals surface area contributed by atoms with E-state index < -0.39 is 0 Å². The molecule has 0 radical (unpaired) electrons. The van der Waals surface area contributed by atoms with Gasteiger partial charge in [-0.1, -0.05) is 69.7 Å². The average Bonchev–Trinajstić information content (AvgIpc) is 3.49. The number of hydrogen-bond acceptors (Lipinski definition) is 6. The lowest BCUT2D eigenvalue weighted by atomic mass is 9.47. The lowest BCUT2D eigenvalue weighted by Crippen LogP contribution is -2.52. The maximum Gasteiger partial charge on any atom is 0.320 e. The minimum absolute atomic E-state index is 0.0334. The normalized spacial score (nSPS) is 45.8. The van der Waals surface area contributed by atoms with Gasteiger partial charge >= 0.3 is 5.97 Å². The van der Waals surface area contributed by atoms with E-state index in [1.165, 1.54) is 37.7 Å². The molecule has 0 amide bonds. The molecule has 3 saturated heterocycles. The van der Waals surface area contributed by atoms with Gasteiger partial charge in [0.25, 0.3) is 0 Å². The second kappa shape index (κ2) is 12.0. The molecule has 252 valence electrons. The lowest BCUT2D eigenvalue weighted by molar-refractivity contribution is -0.272. The summed E-state index contributed by atoms with van der Waals surface area (Å²) in [6.45, 7) is 16.1. The van der Waals surface area contributed by atoms with Crippen LogP contribution in [0.3, 0.4) is 0 Å². The van der Waals surface area contributed by atoms with Gasteiger partial charge in [0, 0.05) is 51.5 Å². The number of nitrogens with zero attached hydrogens (tertiary/aromatic N) is 2. The first kappa shape index (κ1) is 31.5. The molecule has 6 nitrogen and oxygen atoms in total. The fourth-order valence-electron chi connectivity index (χ4n) is 12.1. The summed E-state index contributed by atoms with van der Waals surface area (Å²) in [5.74, 6) is 3.61. The van der Waals surface area contributed by atoms with E-state index >= 15 is 0 Å². The monoisotopic (exact) mass is 630 g/mol. The van der Waals surface area contributed by atoms with Crippen LogP contribution in [-0.2, 0) is 25.5 Å². The summed E-state index contributed by atoms with van der Waals surface area (Å²) in [5.41, 5.74) is 3.54. The molecule has 0 N–H and O–H groups in total. The molecule has 8 rings (SSSR count). The Hall–Kier alpha value is -1.73. The number of carbonyl (C=O) groups excluding carboxylic acids is 1. The molecule has 11 atom stereocenters. The molecule has 6 fully saturated rings. The van der Waals surface area contributed by atoms with Crippen molar-refractivity contribution in [2.75, 3.05) is 39.3 Å². The van der Waals surface area contributed by atoms with Crippen LogP contribution in [0.15, 0.2) is 42.0 Å². The summed E-state index contributed by atoms with van der Waals surface area (Å²) >= 11 is 0. The highest BCUT2D eigenvalue weighted by Crippen LogP contribution is 2.70. The minimum atomic E-state index is -0.329. The van der Waals surface area contributed by atoms with Crippen molar-refractivity contribution < 1.29 is 19.0 Å². The van der Waals surface area contributed by atoms with E-state index in [2.05, 4.69) is 73.9 Å². The van der Waals surface area contributed by atoms with Crippen molar-refractivity contribution in [3.8, 4) is 0 Å². The van der Waals surface area contributed by atoms with Gasteiger partial charge in [0.1, 0.15) is 6.10 Å². The second-order valence-electron chi connectivity index (χ2n) is 17.2. The predicted molar refractivity (Wildman–Crippen MR) is 180 cm³/mol. The molecule has 3 aliphatic heterocycles. The van der Waals surface area contributed by atoms with Crippen molar-refractivity contribution in [3.63, 3.8) is 0 Å². The van der Waals surface area contributed by atoms with Crippen LogP contribution in [0.25, 0.3) is 0 Å². The van der Waals surface area contributed by atoms with Gasteiger partial charge in [-0.2, -0.15) is 0 Å². The van der Waals surface area contributed by atoms with Gasteiger partial charge in [-0.3, -0.25) is 14.6 Å². The Morgan fingerprint density at radius 2 is 1.74 bits per heavy atom. The van der Waals surface area contributed by atoms with Crippen molar-refractivity contribution in [2.24, 2.45) is 46.3 Å². The number of benzene rings is 1. The van der Waals surface area contributed by atoms with Crippen LogP contribution >= 0.6 is 0 Å². The van der Waals surface area contributed by atoms with Crippen molar-refractivity contribution in [2.45, 2.75) is 110 Å². The topological polar surface area (TPSA) is 51.2 Å². The summed E-state index contributed by atoms with van der Waals surface area (Å²) in [4.78, 5) is 17.9. The van der Waals surface area contributed by atoms with Crippen LogP contribution in [0.5, 0.6) is 0 Å². The highest BCUT2D eigenvalue weighted by molar-refractivity contribution is 5.72. The minimum Gasteiger partial charge on any atom is -0.461 e. The van der Waals surface area contributed by atoms with Crippen molar-refractivity contribution in [1.82, 2.24) is 9.80 Å². The number of allylic oxidation sites excluding steroid dienone is 1. The van der Waals surface area contributed by atoms with Gasteiger partial charge in [0.2, 0.25) is 0 Å². The Kier molecular flexibility index (Phi) is 8.23. The number of hydrogen-bond donors (Lipinski definition) is 0. The molecule has 7 aliphatic rings. The molecule has 1 aromatic carbocycles. The summed E-state index contributed by atoms with van der Waals surface area (Å²) in [5, 5.41) is 0. The highest BCUT2D eigenvalue weighted by Gasteiger charge is 2.68. The molecule has 0 bridgehead atoms. The summed E-state index contributed by atoms with van der Waals surface area (Å²) in [6.07, 6.45) is 13.4. The van der Waals surface area contributed by atoms with Crippen LogP contribution in [0.4, 0.5) is 0 Å². The Morgan fingerprint density at radius 1 is 0.957 bits per heavy atom. The molecule has 3 heterocycles. The lowest BCUT2D eigenvalue weighted by Gasteiger charge is -2.58. The number of ether oxygens (including phenoxy) is 3. The Bertz CT molecular complexity index is 1300. The molecule has 3 saturated carbocycles. The maximum absolute atomic E-state index is 13.1. The van der Waals surface area contributed by atoms with Crippen molar-refractivity contribution in [1.29, 1.82) is 0 Å². The Morgan fingerprint density at radius 3 is 2.50 bits per heavy atom. The standard InChI is InChI=1S/C40H58N2O4/c1-27-12-17-40(44-26-27)28(2)37-35(46-40)23-34-32-11-10-30-22-31(13-15-38(30,3)33(32)14-16-39(34,37)4)45-36(43)25-42-20-18-41(19-21-42)24-29-8-6-5-7-9-29/h5-10,27-28,31-35,37H,11-26H2,1-4H3/t27-,28+,31+,32-,33+,34+,35+,37+,38+,39+,40+/m1/s1. The number of piperazine rings is 1. The molecule has 6 heteroatoms. The van der Waals surface area contributed by atoms with Gasteiger partial charge < -0.3 is 14.2 Å². The third kappa shape index (κ3) is 5.33. The van der Waals surface area contributed by atoms with Crippen molar-refractivity contribution >= 4 is 5.97 Å². The van der Waals surface area contributed by atoms with E-state index in [9.17, 15) is 4.79 Å². The first-order valence-electron chi connectivity index (χ1n) is 18.9. The largest absolute Gasteiger partial charge is 0.461 e. The SMILES string of the molecule is C[C@@H]1CC[C@]2(OC1)O[C@H]1C[C@H]3[C@@H]4CC=C5C[C@@H](OC(=O)CN6CCN(Cc7ccccc7)CC6)CC[C@]5(C)[C@H]4CC[C@]3(C)[C@H]1[C@@H]2C. The van der Waals surface area contributed by atoms with Gasteiger partial charge in [0.15, 0.2) is 5.79 Å². The first-order valence-corrected chi connectivity index (χ1v) is 18.9. The van der Waals surface area contributed by atoms with E-state index in [1.807, 2.05) is 0 Å². The van der Waals surface area contributed by atoms with Gasteiger partial charge in [-0.25, -0.2) is 0 Å². The quantitative estimate of drug-likeness (QED) is 0.256. The third-order valence-electron chi connectivity index (χ3n) is 14.7. The smallest absolute Gasteiger partial charge is 0.320 e. The summed E-state index contributed by atoms with van der Waals surface area (Å²) in [7, 11) is 0. The maximum atomic E-state index is 13.1. The van der Waals surface area contributed by atoms with Crippen LogP contribution in [0.1, 0.15) is 91.0 Å². The number of rotatable bonds is 5. The number of fused-ring (bicyclic) bond motifs is 7. The molecule has 1 spiro atoms. The average molecular weight is 631 g/mol. The predicted octanol–water partition coefficient (Wildman–Crippen LogP) is 7.08. The zero-order chi connectivity index (χ0) is 31.7. The van der Waals surface area contributed by atoms with E-state index in [-0.39, 0.29) is 23.3 Å². The van der Waals surface area contributed by atoms with Crippen LogP contribution in [0, 0.1) is 46.3 Å². The van der Waals surface area contributed by atoms with Gasteiger partial charge in [-0.15, -0.1) is 0 Å². The molecular formula is C40H58N2O4. The summed E-state index contributed by atoms with van der Waals surface area (Å²) < 4.78 is 19.7. The molecular weight excluding hydrogens is 572 g/mol. The van der Waals surface area contributed by atoms with E-state index in [0.29, 0.717) is 35.8 Å². The fourth-order valence-corrected chi connectivity index (χ4v) is 12.1. The summed E-state index contributed by atoms with van der Waals surface area (Å²) in [6, 6.07) is 10.7. The molecule has 4 aliphatic carbocycles. The molecule has 46 heavy (non-hydrogen) atoms. The molecule has 1 aromatic rings. The fraction of sp³-hybridized carbons (Fsp3) is 0.775. The third-order valence-corrected chi connectivity index (χ3v) is 14.7. The molecule has 0 aromatic heterocycles. The van der Waals surface area contributed by atoms with Crippen LogP contribution < -0.4 is 0 Å². The van der Waals surface area contributed by atoms with E-state index in [1.54, 1.807) is 5.57 Å². The number of carbonyl (C=O) groups is 1. The zero-order valence-corrected chi connectivity index (χ0v) is 28.9. The highest BCUT2D eigenvalue weighted by atomic mass is 16.7. The zero-order valence-electron chi connectivity index (χ0n) is 28.9. The van der Waals surface area contributed by atoms with E-state index in [0.717, 1.165) is 82.8 Å². The van der Waals surface area contributed by atoms with Crippen molar-refractivity contribution in [3.05, 3.63) is 47.5 Å². The van der Waals surface area contributed by atoms with Crippen LogP contribution in [-0.4, -0.2) is 73.1 Å².